The predicted molar refractivity (Wildman–Crippen MR) is 120 cm³/mol. The van der Waals surface area contributed by atoms with Crippen molar-refractivity contribution in [2.45, 2.75) is 32.6 Å². The summed E-state index contributed by atoms with van der Waals surface area (Å²) in [6, 6.07) is 12.2. The van der Waals surface area contributed by atoms with Gasteiger partial charge in [-0.05, 0) is 43.5 Å². The molecule has 0 atom stereocenters. The zero-order chi connectivity index (χ0) is 21.0. The second-order valence-corrected chi connectivity index (χ2v) is 7.81. The molecule has 0 bridgehead atoms. The van der Waals surface area contributed by atoms with Crippen LogP contribution in [-0.4, -0.2) is 44.0 Å². The molecule has 5 rings (SSSR count). The first-order valence-corrected chi connectivity index (χ1v) is 10.9. The summed E-state index contributed by atoms with van der Waals surface area (Å²) in [5, 5.41) is 0. The number of hydrogen-bond donors (Lipinski definition) is 0. The highest BCUT2D eigenvalue weighted by Gasteiger charge is 2.17. The van der Waals surface area contributed by atoms with Crippen molar-refractivity contribution < 1.29 is 4.74 Å². The Bertz CT molecular complexity index is 1180. The van der Waals surface area contributed by atoms with Crippen molar-refractivity contribution in [3.05, 3.63) is 77.8 Å². The maximum Gasteiger partial charge on any atom is 0.213 e. The normalized spacial score (nSPS) is 13.8. The summed E-state index contributed by atoms with van der Waals surface area (Å²) in [6.45, 7) is 4.66. The third-order valence-electron chi connectivity index (χ3n) is 5.50. The van der Waals surface area contributed by atoms with E-state index in [2.05, 4.69) is 33.1 Å². The second-order valence-electron chi connectivity index (χ2n) is 7.81. The summed E-state index contributed by atoms with van der Waals surface area (Å²) in [5.41, 5.74) is 4.06. The summed E-state index contributed by atoms with van der Waals surface area (Å²) in [6.07, 6.45) is 9.56. The van der Waals surface area contributed by atoms with Crippen LogP contribution in [0.2, 0.25) is 0 Å². The number of aromatic nitrogens is 5. The molecule has 0 saturated carbocycles. The minimum atomic E-state index is 0.578. The minimum Gasteiger partial charge on any atom is -0.478 e. The number of fused-ring (bicyclic) bond motifs is 1. The van der Waals surface area contributed by atoms with Gasteiger partial charge in [-0.25, -0.2) is 19.9 Å². The summed E-state index contributed by atoms with van der Waals surface area (Å²) < 4.78 is 7.57. The fourth-order valence-corrected chi connectivity index (χ4v) is 4.03. The van der Waals surface area contributed by atoms with Gasteiger partial charge in [0.2, 0.25) is 5.88 Å². The SMILES string of the molecule is CCOc1cccc(Cc2nc(Cc3ccn4ccnc4c3)cc(N3CCCC3)n2)n1. The first-order chi connectivity index (χ1) is 15.3. The molecule has 0 aliphatic carbocycles. The third-order valence-corrected chi connectivity index (χ3v) is 5.50. The summed E-state index contributed by atoms with van der Waals surface area (Å²) >= 11 is 0. The maximum atomic E-state index is 5.55. The lowest BCUT2D eigenvalue weighted by Gasteiger charge is -2.18. The molecule has 5 heterocycles. The Kier molecular flexibility index (Phi) is 5.48. The molecule has 7 heteroatoms. The fourth-order valence-electron chi connectivity index (χ4n) is 4.03. The van der Waals surface area contributed by atoms with Crippen LogP contribution in [0.25, 0.3) is 5.65 Å². The van der Waals surface area contributed by atoms with E-state index < -0.39 is 0 Å². The molecule has 0 unspecified atom stereocenters. The van der Waals surface area contributed by atoms with Crippen LogP contribution in [0, 0.1) is 0 Å². The van der Waals surface area contributed by atoms with E-state index in [1.807, 2.05) is 48.1 Å². The smallest absolute Gasteiger partial charge is 0.213 e. The molecule has 0 amide bonds. The van der Waals surface area contributed by atoms with Crippen LogP contribution in [0.5, 0.6) is 5.88 Å². The molecule has 158 valence electrons. The van der Waals surface area contributed by atoms with Crippen molar-refractivity contribution in [2.75, 3.05) is 24.6 Å². The van der Waals surface area contributed by atoms with Crippen molar-refractivity contribution in [1.82, 2.24) is 24.3 Å². The molecule has 0 aromatic carbocycles. The van der Waals surface area contributed by atoms with Crippen molar-refractivity contribution in [2.24, 2.45) is 0 Å². The van der Waals surface area contributed by atoms with E-state index in [9.17, 15) is 0 Å². The number of pyridine rings is 2. The van der Waals surface area contributed by atoms with E-state index in [0.717, 1.165) is 48.2 Å². The Labute approximate surface area is 181 Å². The molecular formula is C24H26N6O. The average Bonchev–Trinajstić information content (AvgIpc) is 3.46. The lowest BCUT2D eigenvalue weighted by Crippen LogP contribution is -2.20. The molecule has 1 aliphatic heterocycles. The molecule has 1 aliphatic rings. The van der Waals surface area contributed by atoms with Crippen molar-refractivity contribution in [3.8, 4) is 5.88 Å². The van der Waals surface area contributed by atoms with Crippen LogP contribution in [0.15, 0.2) is 55.0 Å². The van der Waals surface area contributed by atoms with Crippen LogP contribution in [0.1, 0.15) is 42.5 Å². The predicted octanol–water partition coefficient (Wildman–Crippen LogP) is 3.70. The number of imidazole rings is 1. The summed E-state index contributed by atoms with van der Waals surface area (Å²) in [5.74, 6) is 2.45. The second kappa shape index (κ2) is 8.71. The molecule has 0 radical (unpaired) electrons. The van der Waals surface area contributed by atoms with Gasteiger partial charge in [0.15, 0.2) is 0 Å². The van der Waals surface area contributed by atoms with Gasteiger partial charge >= 0.3 is 0 Å². The fraction of sp³-hybridized carbons (Fsp3) is 0.333. The van der Waals surface area contributed by atoms with Crippen LogP contribution in [0.3, 0.4) is 0 Å². The highest BCUT2D eigenvalue weighted by atomic mass is 16.5. The van der Waals surface area contributed by atoms with E-state index in [-0.39, 0.29) is 0 Å². The summed E-state index contributed by atoms with van der Waals surface area (Å²) in [4.78, 5) is 21.1. The van der Waals surface area contributed by atoms with E-state index in [4.69, 9.17) is 14.7 Å². The summed E-state index contributed by atoms with van der Waals surface area (Å²) in [7, 11) is 0. The molecule has 0 N–H and O–H groups in total. The Balaban J connectivity index is 1.45. The van der Waals surface area contributed by atoms with Gasteiger partial charge in [0.1, 0.15) is 17.3 Å². The largest absolute Gasteiger partial charge is 0.478 e. The zero-order valence-corrected chi connectivity index (χ0v) is 17.7. The quantitative estimate of drug-likeness (QED) is 0.459. The first-order valence-electron chi connectivity index (χ1n) is 10.9. The topological polar surface area (TPSA) is 68.4 Å². The van der Waals surface area contributed by atoms with E-state index in [0.29, 0.717) is 18.9 Å². The first kappa shape index (κ1) is 19.5. The molecular weight excluding hydrogens is 388 g/mol. The number of hydrogen-bond acceptors (Lipinski definition) is 6. The molecule has 31 heavy (non-hydrogen) atoms. The van der Waals surface area contributed by atoms with Gasteiger partial charge in [-0.15, -0.1) is 0 Å². The highest BCUT2D eigenvalue weighted by molar-refractivity contribution is 5.45. The third kappa shape index (κ3) is 4.50. The van der Waals surface area contributed by atoms with Gasteiger partial charge in [0.05, 0.1) is 24.4 Å². The molecule has 1 saturated heterocycles. The number of ether oxygens (including phenoxy) is 1. The Hall–Kier alpha value is -3.48. The number of nitrogens with zero attached hydrogens (tertiary/aromatic N) is 6. The van der Waals surface area contributed by atoms with Gasteiger partial charge in [-0.3, -0.25) is 0 Å². The number of rotatable bonds is 7. The molecule has 4 aromatic heterocycles. The van der Waals surface area contributed by atoms with Gasteiger partial charge in [-0.1, -0.05) is 6.07 Å². The van der Waals surface area contributed by atoms with Gasteiger partial charge in [-0.2, -0.15) is 0 Å². The van der Waals surface area contributed by atoms with Gasteiger partial charge in [0, 0.05) is 50.2 Å². The standard InChI is InChI=1S/C24H26N6O/c1-2-31-24-7-5-6-19(27-24)16-21-26-20(17-23(28-21)29-10-3-4-11-29)14-18-8-12-30-13-9-25-22(30)15-18/h5-9,12-13,15,17H,2-4,10-11,14,16H2,1H3. The monoisotopic (exact) mass is 414 g/mol. The molecule has 1 fully saturated rings. The van der Waals surface area contributed by atoms with E-state index >= 15 is 0 Å². The Morgan fingerprint density at radius 2 is 1.84 bits per heavy atom. The molecule has 7 nitrogen and oxygen atoms in total. The lowest BCUT2D eigenvalue weighted by atomic mass is 10.1. The molecule has 0 spiro atoms. The molecule has 4 aromatic rings. The van der Waals surface area contributed by atoms with Crippen LogP contribution in [-0.2, 0) is 12.8 Å². The van der Waals surface area contributed by atoms with Gasteiger partial charge in [0.25, 0.3) is 0 Å². The lowest BCUT2D eigenvalue weighted by molar-refractivity contribution is 0.326. The van der Waals surface area contributed by atoms with Crippen LogP contribution >= 0.6 is 0 Å². The van der Waals surface area contributed by atoms with Crippen molar-refractivity contribution in [1.29, 1.82) is 0 Å². The van der Waals surface area contributed by atoms with E-state index in [1.165, 1.54) is 18.4 Å². The van der Waals surface area contributed by atoms with E-state index in [1.54, 1.807) is 0 Å². The van der Waals surface area contributed by atoms with Crippen molar-refractivity contribution >= 4 is 11.5 Å². The minimum absolute atomic E-state index is 0.578. The Morgan fingerprint density at radius 1 is 0.935 bits per heavy atom. The van der Waals surface area contributed by atoms with Crippen molar-refractivity contribution in [3.63, 3.8) is 0 Å². The maximum absolute atomic E-state index is 5.55. The zero-order valence-electron chi connectivity index (χ0n) is 17.7. The number of anilines is 1. The van der Waals surface area contributed by atoms with Crippen LogP contribution < -0.4 is 9.64 Å². The van der Waals surface area contributed by atoms with Gasteiger partial charge < -0.3 is 14.0 Å². The highest BCUT2D eigenvalue weighted by Crippen LogP contribution is 2.21. The Morgan fingerprint density at radius 3 is 2.71 bits per heavy atom. The van der Waals surface area contributed by atoms with Crippen LogP contribution in [0.4, 0.5) is 5.82 Å². The average molecular weight is 415 g/mol.